The van der Waals surface area contributed by atoms with Gasteiger partial charge in [0.05, 0.1) is 6.20 Å². The summed E-state index contributed by atoms with van der Waals surface area (Å²) < 4.78 is 10.9. The summed E-state index contributed by atoms with van der Waals surface area (Å²) in [7, 11) is 3.61. The SMILES string of the molecule is CNCCCc1ncc(C(C)(C)OC)o1. The standard InChI is InChI=1S/C11H20N2O2/c1-11(2,14-4)9-8-13-10(15-9)6-5-7-12-3/h8,12H,5-7H2,1-4H3. The van der Waals surface area contributed by atoms with E-state index < -0.39 is 5.60 Å². The van der Waals surface area contributed by atoms with Crippen LogP contribution in [0.15, 0.2) is 10.6 Å². The normalized spacial score (nSPS) is 12.0. The second-order valence-corrected chi connectivity index (χ2v) is 4.04. The van der Waals surface area contributed by atoms with E-state index in [1.165, 1.54) is 0 Å². The first-order valence-corrected chi connectivity index (χ1v) is 5.25. The third-order valence-electron chi connectivity index (χ3n) is 2.47. The van der Waals surface area contributed by atoms with E-state index >= 15 is 0 Å². The van der Waals surface area contributed by atoms with Crippen LogP contribution in [0.5, 0.6) is 0 Å². The van der Waals surface area contributed by atoms with Gasteiger partial charge in [0, 0.05) is 13.5 Å². The molecule has 15 heavy (non-hydrogen) atoms. The van der Waals surface area contributed by atoms with Crippen LogP contribution in [-0.2, 0) is 16.8 Å². The van der Waals surface area contributed by atoms with Crippen molar-refractivity contribution in [1.82, 2.24) is 10.3 Å². The molecule has 0 aliphatic rings. The summed E-state index contributed by atoms with van der Waals surface area (Å²) in [6, 6.07) is 0. The molecule has 0 amide bonds. The van der Waals surface area contributed by atoms with Gasteiger partial charge in [-0.2, -0.15) is 0 Å². The number of hydrogen-bond donors (Lipinski definition) is 1. The largest absolute Gasteiger partial charge is 0.443 e. The molecule has 0 aliphatic heterocycles. The van der Waals surface area contributed by atoms with E-state index in [1.807, 2.05) is 20.9 Å². The van der Waals surface area contributed by atoms with Gasteiger partial charge in [-0.25, -0.2) is 4.98 Å². The Labute approximate surface area is 91.0 Å². The molecule has 0 spiro atoms. The van der Waals surface area contributed by atoms with Crippen molar-refractivity contribution in [2.24, 2.45) is 0 Å². The second kappa shape index (κ2) is 5.28. The second-order valence-electron chi connectivity index (χ2n) is 4.04. The van der Waals surface area contributed by atoms with E-state index in [4.69, 9.17) is 9.15 Å². The van der Waals surface area contributed by atoms with Crippen molar-refractivity contribution in [2.45, 2.75) is 32.3 Å². The van der Waals surface area contributed by atoms with E-state index in [9.17, 15) is 0 Å². The van der Waals surface area contributed by atoms with E-state index in [0.717, 1.165) is 31.0 Å². The van der Waals surface area contributed by atoms with Crippen molar-refractivity contribution < 1.29 is 9.15 Å². The molecule has 0 atom stereocenters. The number of aromatic nitrogens is 1. The van der Waals surface area contributed by atoms with Gasteiger partial charge in [0.2, 0.25) is 0 Å². The molecule has 1 heterocycles. The molecule has 1 N–H and O–H groups in total. The average Bonchev–Trinajstić information content (AvgIpc) is 2.68. The molecule has 4 nitrogen and oxygen atoms in total. The maximum absolute atomic E-state index is 5.62. The van der Waals surface area contributed by atoms with Crippen molar-refractivity contribution >= 4 is 0 Å². The van der Waals surface area contributed by atoms with Crippen molar-refractivity contribution in [3.63, 3.8) is 0 Å². The molecular weight excluding hydrogens is 192 g/mol. The fourth-order valence-corrected chi connectivity index (χ4v) is 1.22. The van der Waals surface area contributed by atoms with Crippen LogP contribution in [0.25, 0.3) is 0 Å². The maximum atomic E-state index is 5.62. The molecule has 0 aliphatic carbocycles. The molecule has 0 unspecified atom stereocenters. The number of nitrogens with zero attached hydrogens (tertiary/aromatic N) is 1. The van der Waals surface area contributed by atoms with Gasteiger partial charge in [-0.1, -0.05) is 0 Å². The number of hydrogen-bond acceptors (Lipinski definition) is 4. The van der Waals surface area contributed by atoms with Gasteiger partial charge in [0.15, 0.2) is 11.7 Å². The number of nitrogens with one attached hydrogen (secondary N) is 1. The maximum Gasteiger partial charge on any atom is 0.194 e. The predicted molar refractivity (Wildman–Crippen MR) is 58.8 cm³/mol. The Balaban J connectivity index is 2.56. The Bertz CT molecular complexity index is 295. The quantitative estimate of drug-likeness (QED) is 0.729. The first kappa shape index (κ1) is 12.2. The number of ether oxygens (including phenoxy) is 1. The lowest BCUT2D eigenvalue weighted by Gasteiger charge is -2.18. The van der Waals surface area contributed by atoms with Gasteiger partial charge in [-0.05, 0) is 33.9 Å². The van der Waals surface area contributed by atoms with Crippen LogP contribution in [0, 0.1) is 0 Å². The minimum absolute atomic E-state index is 0.395. The summed E-state index contributed by atoms with van der Waals surface area (Å²) in [5.74, 6) is 1.56. The van der Waals surface area contributed by atoms with Gasteiger partial charge >= 0.3 is 0 Å². The van der Waals surface area contributed by atoms with Crippen LogP contribution < -0.4 is 5.32 Å². The zero-order valence-corrected chi connectivity index (χ0v) is 9.96. The molecule has 0 aromatic carbocycles. The Morgan fingerprint density at radius 1 is 1.53 bits per heavy atom. The van der Waals surface area contributed by atoms with Gasteiger partial charge in [-0.15, -0.1) is 0 Å². The highest BCUT2D eigenvalue weighted by molar-refractivity contribution is 5.03. The highest BCUT2D eigenvalue weighted by Gasteiger charge is 2.24. The Morgan fingerprint density at radius 3 is 2.87 bits per heavy atom. The number of methoxy groups -OCH3 is 1. The van der Waals surface area contributed by atoms with Crippen LogP contribution in [0.4, 0.5) is 0 Å². The third kappa shape index (κ3) is 3.32. The smallest absolute Gasteiger partial charge is 0.194 e. The molecule has 4 heteroatoms. The van der Waals surface area contributed by atoms with E-state index in [1.54, 1.807) is 13.3 Å². The molecule has 0 bridgehead atoms. The zero-order chi connectivity index (χ0) is 11.3. The molecule has 86 valence electrons. The molecule has 0 saturated heterocycles. The number of oxazole rings is 1. The van der Waals surface area contributed by atoms with Crippen molar-refractivity contribution in [1.29, 1.82) is 0 Å². The molecule has 0 saturated carbocycles. The Morgan fingerprint density at radius 2 is 2.27 bits per heavy atom. The fourth-order valence-electron chi connectivity index (χ4n) is 1.22. The van der Waals surface area contributed by atoms with Crippen LogP contribution in [0.3, 0.4) is 0 Å². The molecule has 0 fully saturated rings. The minimum atomic E-state index is -0.395. The topological polar surface area (TPSA) is 47.3 Å². The molecular formula is C11H20N2O2. The van der Waals surface area contributed by atoms with Crippen molar-refractivity contribution in [2.75, 3.05) is 20.7 Å². The van der Waals surface area contributed by atoms with E-state index in [-0.39, 0.29) is 0 Å². The first-order chi connectivity index (χ1) is 7.10. The van der Waals surface area contributed by atoms with Crippen LogP contribution in [0.2, 0.25) is 0 Å². The summed E-state index contributed by atoms with van der Waals surface area (Å²) in [5, 5.41) is 3.09. The van der Waals surface area contributed by atoms with Crippen LogP contribution in [-0.4, -0.2) is 25.7 Å². The third-order valence-corrected chi connectivity index (χ3v) is 2.47. The molecule has 1 aromatic rings. The van der Waals surface area contributed by atoms with Crippen molar-refractivity contribution in [3.8, 4) is 0 Å². The van der Waals surface area contributed by atoms with Gasteiger partial charge in [0.25, 0.3) is 0 Å². The predicted octanol–water partition coefficient (Wildman–Crippen LogP) is 1.71. The molecule has 0 radical (unpaired) electrons. The van der Waals surface area contributed by atoms with Gasteiger partial charge < -0.3 is 14.5 Å². The van der Waals surface area contributed by atoms with Crippen LogP contribution >= 0.6 is 0 Å². The lowest BCUT2D eigenvalue weighted by atomic mass is 10.1. The Hall–Kier alpha value is -0.870. The summed E-state index contributed by atoms with van der Waals surface area (Å²) in [6.07, 6.45) is 3.64. The number of aryl methyl sites for hydroxylation is 1. The van der Waals surface area contributed by atoms with E-state index in [0.29, 0.717) is 0 Å². The minimum Gasteiger partial charge on any atom is -0.443 e. The fraction of sp³-hybridized carbons (Fsp3) is 0.727. The summed E-state index contributed by atoms with van der Waals surface area (Å²) >= 11 is 0. The molecule has 1 rings (SSSR count). The highest BCUT2D eigenvalue weighted by atomic mass is 16.5. The van der Waals surface area contributed by atoms with Crippen molar-refractivity contribution in [3.05, 3.63) is 17.8 Å². The summed E-state index contributed by atoms with van der Waals surface area (Å²) in [5.41, 5.74) is -0.395. The summed E-state index contributed by atoms with van der Waals surface area (Å²) in [4.78, 5) is 4.23. The lowest BCUT2D eigenvalue weighted by Crippen LogP contribution is -2.18. The monoisotopic (exact) mass is 212 g/mol. The highest BCUT2D eigenvalue weighted by Crippen LogP contribution is 2.24. The number of rotatable bonds is 6. The average molecular weight is 212 g/mol. The van der Waals surface area contributed by atoms with E-state index in [2.05, 4.69) is 10.3 Å². The molecule has 1 aromatic heterocycles. The lowest BCUT2D eigenvalue weighted by molar-refractivity contribution is 0.0000962. The van der Waals surface area contributed by atoms with Gasteiger partial charge in [0.1, 0.15) is 5.60 Å². The summed E-state index contributed by atoms with van der Waals surface area (Å²) in [6.45, 7) is 4.90. The first-order valence-electron chi connectivity index (χ1n) is 5.25. The Kier molecular flexibility index (Phi) is 4.29. The zero-order valence-electron chi connectivity index (χ0n) is 9.96. The van der Waals surface area contributed by atoms with Crippen LogP contribution in [0.1, 0.15) is 31.9 Å². The van der Waals surface area contributed by atoms with Gasteiger partial charge in [-0.3, -0.25) is 0 Å².